The number of azide groups is 1. The highest BCUT2D eigenvalue weighted by atomic mass is 32.2. The van der Waals surface area contributed by atoms with Gasteiger partial charge in [0.15, 0.2) is 0 Å². The first-order valence-electron chi connectivity index (χ1n) is 2.50. The van der Waals surface area contributed by atoms with E-state index in [1.54, 1.807) is 11.8 Å². The molecule has 0 unspecified atom stereocenters. The molecule has 0 fully saturated rings. The van der Waals surface area contributed by atoms with Crippen LogP contribution in [0.4, 0.5) is 0 Å². The number of hydrogen-bond donors (Lipinski definition) is 0. The van der Waals surface area contributed by atoms with Gasteiger partial charge in [-0.05, 0) is 17.0 Å². The van der Waals surface area contributed by atoms with Gasteiger partial charge in [-0.1, -0.05) is 19.5 Å². The smallest absolute Gasteiger partial charge is 0.0348 e. The van der Waals surface area contributed by atoms with E-state index in [1.165, 1.54) is 0 Å². The Morgan fingerprint density at radius 1 is 1.67 bits per heavy atom. The topological polar surface area (TPSA) is 48.8 Å². The van der Waals surface area contributed by atoms with Gasteiger partial charge in [0, 0.05) is 11.5 Å². The maximum absolute atomic E-state index is 7.81. The van der Waals surface area contributed by atoms with E-state index in [-0.39, 0.29) is 7.43 Å². The predicted octanol–water partition coefficient (Wildman–Crippen LogP) is 2.69. The predicted molar refractivity (Wildman–Crippen MR) is 43.7 cm³/mol. The van der Waals surface area contributed by atoms with E-state index in [9.17, 15) is 0 Å². The molecule has 9 heavy (non-hydrogen) atoms. The molecule has 0 aromatic rings. The Kier molecular flexibility index (Phi) is 13.5. The summed E-state index contributed by atoms with van der Waals surface area (Å²) in [5.41, 5.74) is 7.81. The third kappa shape index (κ3) is 11.3. The van der Waals surface area contributed by atoms with Crippen molar-refractivity contribution in [1.82, 2.24) is 0 Å². The van der Waals surface area contributed by atoms with Crippen molar-refractivity contribution < 1.29 is 0 Å². The van der Waals surface area contributed by atoms with Crippen LogP contribution in [0.25, 0.3) is 10.4 Å². The van der Waals surface area contributed by atoms with Crippen molar-refractivity contribution in [3.05, 3.63) is 10.4 Å². The molecule has 0 spiro atoms. The van der Waals surface area contributed by atoms with Gasteiger partial charge in [-0.2, -0.15) is 11.8 Å². The van der Waals surface area contributed by atoms with E-state index in [2.05, 4.69) is 16.9 Å². The summed E-state index contributed by atoms with van der Waals surface area (Å²) in [4.78, 5) is 2.62. The van der Waals surface area contributed by atoms with Crippen molar-refractivity contribution in [3.8, 4) is 0 Å². The third-order valence-corrected chi connectivity index (χ3v) is 1.48. The van der Waals surface area contributed by atoms with E-state index in [0.29, 0.717) is 6.54 Å². The Labute approximate surface area is 60.5 Å². The van der Waals surface area contributed by atoms with Crippen LogP contribution >= 0.6 is 11.8 Å². The summed E-state index contributed by atoms with van der Waals surface area (Å²) in [7, 11) is 0. The fourth-order valence-corrected chi connectivity index (χ4v) is 0.794. The Morgan fingerprint density at radius 2 is 2.33 bits per heavy atom. The van der Waals surface area contributed by atoms with Crippen molar-refractivity contribution in [2.24, 2.45) is 5.11 Å². The third-order valence-electron chi connectivity index (χ3n) is 0.603. The second kappa shape index (κ2) is 10.6. The van der Waals surface area contributed by atoms with Crippen LogP contribution in [-0.4, -0.2) is 18.1 Å². The second-order valence-electron chi connectivity index (χ2n) is 1.15. The normalized spacial score (nSPS) is 7.22. The molecule has 0 atom stereocenters. The average Bonchev–Trinajstić information content (AvgIpc) is 1.81. The molecule has 0 aliphatic carbocycles. The Hall–Kier alpha value is -0.340. The molecule has 0 radical (unpaired) electrons. The average molecular weight is 147 g/mol. The van der Waals surface area contributed by atoms with Crippen LogP contribution in [0.1, 0.15) is 14.4 Å². The quantitative estimate of drug-likeness (QED) is 0.261. The minimum absolute atomic E-state index is 0. The summed E-state index contributed by atoms with van der Waals surface area (Å²) >= 11 is 1.78. The monoisotopic (exact) mass is 147 g/mol. The van der Waals surface area contributed by atoms with Gasteiger partial charge in [-0.25, -0.2) is 0 Å². The molecule has 0 aromatic carbocycles. The molecule has 0 aromatic heterocycles. The summed E-state index contributed by atoms with van der Waals surface area (Å²) in [5, 5.41) is 3.37. The number of rotatable bonds is 4. The van der Waals surface area contributed by atoms with Crippen molar-refractivity contribution in [2.45, 2.75) is 14.4 Å². The molecule has 4 heteroatoms. The number of hydrogen-bond acceptors (Lipinski definition) is 2. The molecule has 3 nitrogen and oxygen atoms in total. The first-order valence-corrected chi connectivity index (χ1v) is 3.66. The number of thioether (sulfide) groups is 1. The van der Waals surface area contributed by atoms with Crippen LogP contribution in [0, 0.1) is 0 Å². The molecule has 54 valence electrons. The van der Waals surface area contributed by atoms with Crippen molar-refractivity contribution in [2.75, 3.05) is 18.1 Å². The van der Waals surface area contributed by atoms with Crippen molar-refractivity contribution in [3.63, 3.8) is 0 Å². The largest absolute Gasteiger partial charge is 0.162 e. The molecular formula is C5H13N3S. The number of nitrogens with zero attached hydrogens (tertiary/aromatic N) is 3. The first kappa shape index (κ1) is 11.5. The highest BCUT2D eigenvalue weighted by molar-refractivity contribution is 7.99. The summed E-state index contributed by atoms with van der Waals surface area (Å²) in [5.74, 6) is 2.04. The molecule has 0 rings (SSSR count). The summed E-state index contributed by atoms with van der Waals surface area (Å²) < 4.78 is 0. The van der Waals surface area contributed by atoms with Gasteiger partial charge >= 0.3 is 0 Å². The molecule has 0 heterocycles. The Bertz CT molecular complexity index is 88.2. The summed E-state index contributed by atoms with van der Waals surface area (Å²) in [6.45, 7) is 2.70. The van der Waals surface area contributed by atoms with Crippen LogP contribution < -0.4 is 0 Å². The zero-order chi connectivity index (χ0) is 6.24. The molecule has 0 aliphatic heterocycles. The van der Waals surface area contributed by atoms with Gasteiger partial charge in [0.25, 0.3) is 0 Å². The van der Waals surface area contributed by atoms with Crippen LogP contribution in [0.5, 0.6) is 0 Å². The zero-order valence-corrected chi connectivity index (χ0v) is 5.69. The summed E-state index contributed by atoms with van der Waals surface area (Å²) in [6.07, 6.45) is 0. The van der Waals surface area contributed by atoms with Gasteiger partial charge in [-0.3, -0.25) is 0 Å². The molecular weight excluding hydrogens is 134 g/mol. The van der Waals surface area contributed by atoms with E-state index >= 15 is 0 Å². The lowest BCUT2D eigenvalue weighted by Crippen LogP contribution is -1.81. The lowest BCUT2D eigenvalue weighted by atomic mass is 10.8. The minimum atomic E-state index is 0. The van der Waals surface area contributed by atoms with Gasteiger partial charge in [0.2, 0.25) is 0 Å². The minimum Gasteiger partial charge on any atom is -0.162 e. The summed E-state index contributed by atoms with van der Waals surface area (Å²) in [6, 6.07) is 0. The van der Waals surface area contributed by atoms with Gasteiger partial charge in [0.05, 0.1) is 0 Å². The highest BCUT2D eigenvalue weighted by Gasteiger charge is 1.79. The van der Waals surface area contributed by atoms with Gasteiger partial charge < -0.3 is 0 Å². The van der Waals surface area contributed by atoms with Crippen LogP contribution in [0.2, 0.25) is 0 Å². The Balaban J connectivity index is 0. The fraction of sp³-hybridized carbons (Fsp3) is 1.00. The van der Waals surface area contributed by atoms with Gasteiger partial charge in [-0.15, -0.1) is 0 Å². The van der Waals surface area contributed by atoms with E-state index in [4.69, 9.17) is 5.53 Å². The van der Waals surface area contributed by atoms with Crippen molar-refractivity contribution in [1.29, 1.82) is 0 Å². The second-order valence-corrected chi connectivity index (χ2v) is 2.55. The fourth-order valence-electron chi connectivity index (χ4n) is 0.294. The standard InChI is InChI=1S/C4H9N3S.CH4/c1-2-8-4-3-6-7-5;/h2-4H2,1H3;1H4. The molecule has 0 saturated carbocycles. The lowest BCUT2D eigenvalue weighted by molar-refractivity contribution is 1.12. The zero-order valence-electron chi connectivity index (χ0n) is 4.87. The molecule has 0 amide bonds. The molecule has 0 bridgehead atoms. The van der Waals surface area contributed by atoms with Gasteiger partial charge in [0.1, 0.15) is 0 Å². The lowest BCUT2D eigenvalue weighted by Gasteiger charge is -1.87. The maximum Gasteiger partial charge on any atom is 0.0348 e. The van der Waals surface area contributed by atoms with E-state index < -0.39 is 0 Å². The molecule has 0 N–H and O–H groups in total. The maximum atomic E-state index is 7.81. The van der Waals surface area contributed by atoms with Crippen LogP contribution in [0.3, 0.4) is 0 Å². The van der Waals surface area contributed by atoms with E-state index in [0.717, 1.165) is 11.5 Å². The molecule has 0 aliphatic rings. The van der Waals surface area contributed by atoms with E-state index in [1.807, 2.05) is 0 Å². The molecule has 0 saturated heterocycles. The van der Waals surface area contributed by atoms with Crippen molar-refractivity contribution >= 4 is 11.8 Å². The van der Waals surface area contributed by atoms with Crippen LogP contribution in [-0.2, 0) is 0 Å². The highest BCUT2D eigenvalue weighted by Crippen LogP contribution is 1.96. The van der Waals surface area contributed by atoms with Crippen LogP contribution in [0.15, 0.2) is 5.11 Å². The first-order chi connectivity index (χ1) is 3.91. The SMILES string of the molecule is C.CCSCCN=[N+]=[N-]. The Morgan fingerprint density at radius 3 is 2.78 bits per heavy atom.